The van der Waals surface area contributed by atoms with Gasteiger partial charge in [0, 0.05) is 38.0 Å². The van der Waals surface area contributed by atoms with Crippen molar-refractivity contribution in [1.29, 1.82) is 0 Å². The molecule has 0 amide bonds. The van der Waals surface area contributed by atoms with Crippen molar-refractivity contribution < 1.29 is 43.7 Å². The molecule has 0 bridgehead atoms. The van der Waals surface area contributed by atoms with Crippen LogP contribution in [-0.4, -0.2) is 91.2 Å². The minimum absolute atomic E-state index is 0.0856. The fraction of sp³-hybridized carbons (Fsp3) is 0.364. The molecule has 0 unspecified atom stereocenters. The molecule has 0 saturated carbocycles. The predicted molar refractivity (Wildman–Crippen MR) is 167 cm³/mol. The zero-order valence-corrected chi connectivity index (χ0v) is 26.3. The number of benzene rings is 3. The van der Waals surface area contributed by atoms with Gasteiger partial charge in [-0.3, -0.25) is 0 Å². The lowest BCUT2D eigenvalue weighted by Gasteiger charge is -2.16. The summed E-state index contributed by atoms with van der Waals surface area (Å²) in [5.74, 6) is 1.55. The maximum absolute atomic E-state index is 11.2. The van der Waals surface area contributed by atoms with Crippen molar-refractivity contribution in [3.05, 3.63) is 53.1 Å². The van der Waals surface area contributed by atoms with Gasteiger partial charge in [-0.1, -0.05) is 0 Å². The molecule has 0 aliphatic rings. The van der Waals surface area contributed by atoms with E-state index < -0.39 is 0 Å². The fourth-order valence-electron chi connectivity index (χ4n) is 4.50. The summed E-state index contributed by atoms with van der Waals surface area (Å²) in [6, 6.07) is 10.1. The van der Waals surface area contributed by atoms with Gasteiger partial charge in [0.05, 0.1) is 36.5 Å². The molecule has 0 aliphatic carbocycles. The molecule has 4 aromatic rings. The number of hydrogen-bond donors (Lipinski definition) is 3. The number of phenolic OH excluding ortho intramolecular Hbond substituents is 3. The number of aromatic hydroxyl groups is 3. The van der Waals surface area contributed by atoms with Crippen molar-refractivity contribution in [2.45, 2.75) is 20.8 Å². The first kappa shape index (κ1) is 33.2. The highest BCUT2D eigenvalue weighted by Gasteiger charge is 2.22. The maximum Gasteiger partial charge on any atom is 0.167 e. The van der Waals surface area contributed by atoms with Crippen molar-refractivity contribution in [3.8, 4) is 68.7 Å². The van der Waals surface area contributed by atoms with Crippen molar-refractivity contribution in [2.24, 2.45) is 0 Å². The predicted octanol–water partition coefficient (Wildman–Crippen LogP) is 4.99. The van der Waals surface area contributed by atoms with E-state index in [0.29, 0.717) is 90.3 Å². The van der Waals surface area contributed by atoms with Crippen LogP contribution in [0.25, 0.3) is 34.2 Å². The quantitative estimate of drug-likeness (QED) is 0.153. The summed E-state index contributed by atoms with van der Waals surface area (Å²) in [5.41, 5.74) is 2.38. The Morgan fingerprint density at radius 1 is 0.444 bits per heavy atom. The third kappa shape index (κ3) is 7.54. The number of rotatable bonds is 15. The molecule has 4 rings (SSSR count). The summed E-state index contributed by atoms with van der Waals surface area (Å²) in [4.78, 5) is 13.9. The van der Waals surface area contributed by atoms with Crippen molar-refractivity contribution in [1.82, 2.24) is 15.0 Å². The van der Waals surface area contributed by atoms with Gasteiger partial charge in [-0.25, -0.2) is 15.0 Å². The molecule has 3 aromatic carbocycles. The highest BCUT2D eigenvalue weighted by atomic mass is 16.5. The van der Waals surface area contributed by atoms with Crippen LogP contribution in [0.3, 0.4) is 0 Å². The second-order valence-electron chi connectivity index (χ2n) is 10.1. The third-order valence-electron chi connectivity index (χ3n) is 7.14. The number of phenols is 3. The molecule has 240 valence electrons. The van der Waals surface area contributed by atoms with Gasteiger partial charge >= 0.3 is 0 Å². The summed E-state index contributed by atoms with van der Waals surface area (Å²) in [7, 11) is 4.74. The molecule has 12 nitrogen and oxygen atoms in total. The smallest absolute Gasteiger partial charge is 0.167 e. The van der Waals surface area contributed by atoms with Crippen LogP contribution in [0.4, 0.5) is 0 Å². The SMILES string of the molecule is COCCOc1ccc(-c2nc(-c3ccc(OCCOC)c(C)c3O)nc(-c3ccc(OCCOC)c(C)c3O)n2)c(O)c1C. The minimum Gasteiger partial charge on any atom is -0.507 e. The largest absolute Gasteiger partial charge is 0.507 e. The molecule has 45 heavy (non-hydrogen) atoms. The molecule has 0 saturated heterocycles. The van der Waals surface area contributed by atoms with E-state index in [1.54, 1.807) is 78.5 Å². The average Bonchev–Trinajstić information content (AvgIpc) is 3.03. The van der Waals surface area contributed by atoms with Crippen LogP contribution >= 0.6 is 0 Å². The van der Waals surface area contributed by atoms with E-state index in [4.69, 9.17) is 28.4 Å². The Labute approximate surface area is 262 Å². The van der Waals surface area contributed by atoms with Gasteiger partial charge < -0.3 is 43.7 Å². The summed E-state index contributed by atoms with van der Waals surface area (Å²) in [6.07, 6.45) is 0. The Balaban J connectivity index is 1.86. The summed E-state index contributed by atoms with van der Waals surface area (Å²) in [6.45, 7) is 7.26. The number of aromatic nitrogens is 3. The molecule has 12 heteroatoms. The van der Waals surface area contributed by atoms with E-state index in [-0.39, 0.29) is 34.7 Å². The molecule has 0 aliphatic heterocycles. The van der Waals surface area contributed by atoms with Crippen LogP contribution in [-0.2, 0) is 14.2 Å². The molecule has 0 spiro atoms. The summed E-state index contributed by atoms with van der Waals surface area (Å²) < 4.78 is 32.4. The number of hydrogen-bond acceptors (Lipinski definition) is 12. The van der Waals surface area contributed by atoms with E-state index in [9.17, 15) is 15.3 Å². The van der Waals surface area contributed by atoms with E-state index in [2.05, 4.69) is 15.0 Å². The third-order valence-corrected chi connectivity index (χ3v) is 7.14. The summed E-state index contributed by atoms with van der Waals surface area (Å²) in [5, 5.41) is 33.7. The van der Waals surface area contributed by atoms with Gasteiger partial charge in [0.15, 0.2) is 17.5 Å². The van der Waals surface area contributed by atoms with Gasteiger partial charge in [-0.05, 0) is 57.2 Å². The van der Waals surface area contributed by atoms with Crippen LogP contribution in [0.5, 0.6) is 34.5 Å². The lowest BCUT2D eigenvalue weighted by Crippen LogP contribution is -2.07. The minimum atomic E-state index is -0.0856. The van der Waals surface area contributed by atoms with Crippen molar-refractivity contribution >= 4 is 0 Å². The second kappa shape index (κ2) is 15.4. The van der Waals surface area contributed by atoms with Crippen molar-refractivity contribution in [3.63, 3.8) is 0 Å². The lowest BCUT2D eigenvalue weighted by molar-refractivity contribution is 0.146. The van der Waals surface area contributed by atoms with E-state index >= 15 is 0 Å². The van der Waals surface area contributed by atoms with Gasteiger partial charge in [-0.15, -0.1) is 0 Å². The van der Waals surface area contributed by atoms with Gasteiger partial charge in [0.1, 0.15) is 54.3 Å². The van der Waals surface area contributed by atoms with Crippen LogP contribution in [0.2, 0.25) is 0 Å². The highest BCUT2D eigenvalue weighted by Crippen LogP contribution is 2.41. The van der Waals surface area contributed by atoms with Crippen LogP contribution in [0, 0.1) is 20.8 Å². The van der Waals surface area contributed by atoms with Crippen LogP contribution in [0.1, 0.15) is 16.7 Å². The standard InChI is InChI=1S/C33H39N3O9/c1-19-25(43-16-13-40-4)10-7-22(28(19)37)31-34-32(23-8-11-26(20(2)29(23)38)44-17-14-41-5)36-33(35-31)24-9-12-27(21(3)30(24)39)45-18-15-42-6/h7-12,37-39H,13-18H2,1-6H3. The lowest BCUT2D eigenvalue weighted by atomic mass is 10.1. The molecule has 3 N–H and O–H groups in total. The molecule has 0 atom stereocenters. The molecule has 0 radical (unpaired) electrons. The Bertz CT molecular complexity index is 1430. The van der Waals surface area contributed by atoms with E-state index in [0.717, 1.165) is 0 Å². The number of nitrogens with zero attached hydrogens (tertiary/aromatic N) is 3. The zero-order valence-electron chi connectivity index (χ0n) is 26.3. The summed E-state index contributed by atoms with van der Waals surface area (Å²) >= 11 is 0. The molecular weight excluding hydrogens is 582 g/mol. The highest BCUT2D eigenvalue weighted by molar-refractivity contribution is 5.77. The first-order valence-corrected chi connectivity index (χ1v) is 14.3. The number of ether oxygens (including phenoxy) is 6. The Morgan fingerprint density at radius 3 is 0.956 bits per heavy atom. The molecular formula is C33H39N3O9. The Kier molecular flexibility index (Phi) is 11.4. The average molecular weight is 622 g/mol. The first-order chi connectivity index (χ1) is 21.7. The first-order valence-electron chi connectivity index (χ1n) is 14.3. The maximum atomic E-state index is 11.2. The monoisotopic (exact) mass is 621 g/mol. The second-order valence-corrected chi connectivity index (χ2v) is 10.1. The van der Waals surface area contributed by atoms with Gasteiger partial charge in [0.2, 0.25) is 0 Å². The van der Waals surface area contributed by atoms with Gasteiger partial charge in [0.25, 0.3) is 0 Å². The normalized spacial score (nSPS) is 11.1. The molecule has 0 fully saturated rings. The molecule has 1 heterocycles. The zero-order chi connectivity index (χ0) is 32.5. The van der Waals surface area contributed by atoms with Crippen molar-refractivity contribution in [2.75, 3.05) is 61.0 Å². The van der Waals surface area contributed by atoms with E-state index in [1.807, 2.05) is 0 Å². The topological polar surface area (TPSA) is 155 Å². The molecule has 1 aromatic heterocycles. The van der Waals surface area contributed by atoms with Crippen LogP contribution < -0.4 is 14.2 Å². The van der Waals surface area contributed by atoms with Gasteiger partial charge in [-0.2, -0.15) is 0 Å². The van der Waals surface area contributed by atoms with E-state index in [1.165, 1.54) is 0 Å². The number of methoxy groups -OCH3 is 3. The fourth-order valence-corrected chi connectivity index (χ4v) is 4.50. The Hall–Kier alpha value is -4.65. The Morgan fingerprint density at radius 2 is 0.711 bits per heavy atom. The van der Waals surface area contributed by atoms with Crippen LogP contribution in [0.15, 0.2) is 36.4 Å².